The van der Waals surface area contributed by atoms with Crippen LogP contribution in [0.1, 0.15) is 27.5 Å². The van der Waals surface area contributed by atoms with Crippen LogP contribution < -0.4 is 10.1 Å². The van der Waals surface area contributed by atoms with Crippen molar-refractivity contribution in [1.82, 2.24) is 9.80 Å². The van der Waals surface area contributed by atoms with Gasteiger partial charge in [0.15, 0.2) is 6.61 Å². The van der Waals surface area contributed by atoms with Crippen molar-refractivity contribution >= 4 is 23.2 Å². The molecular formula is C32H30N4O5. The summed E-state index contributed by atoms with van der Waals surface area (Å²) in [4.78, 5) is 40.7. The first-order valence-electron chi connectivity index (χ1n) is 13.4. The van der Waals surface area contributed by atoms with Crippen LogP contribution in [0, 0.1) is 10.1 Å². The molecule has 1 saturated heterocycles. The Hall–Kier alpha value is -5.02. The zero-order valence-corrected chi connectivity index (χ0v) is 22.4. The number of nitro benzene ring substituents is 1. The number of benzene rings is 4. The third-order valence-corrected chi connectivity index (χ3v) is 7.05. The minimum Gasteiger partial charge on any atom is -0.484 e. The number of nitro groups is 1. The van der Waals surface area contributed by atoms with Crippen LogP contribution in [-0.4, -0.2) is 59.3 Å². The van der Waals surface area contributed by atoms with Crippen LogP contribution in [0.15, 0.2) is 109 Å². The molecule has 1 fully saturated rings. The Morgan fingerprint density at radius 3 is 1.93 bits per heavy atom. The minimum absolute atomic E-state index is 0.0641. The van der Waals surface area contributed by atoms with Crippen molar-refractivity contribution in [3.63, 3.8) is 0 Å². The average Bonchev–Trinajstić information content (AvgIpc) is 3.02. The molecule has 0 unspecified atom stereocenters. The highest BCUT2D eigenvalue weighted by molar-refractivity contribution is 6.04. The highest BCUT2D eigenvalue weighted by Gasteiger charge is 2.29. The first-order valence-corrected chi connectivity index (χ1v) is 13.4. The third-order valence-electron chi connectivity index (χ3n) is 7.05. The monoisotopic (exact) mass is 550 g/mol. The summed E-state index contributed by atoms with van der Waals surface area (Å²) in [6, 6.07) is 33.3. The number of carbonyl (C=O) groups is 2. The van der Waals surface area contributed by atoms with E-state index < -0.39 is 10.8 Å². The lowest BCUT2D eigenvalue weighted by atomic mass is 9.96. The summed E-state index contributed by atoms with van der Waals surface area (Å²) in [5, 5.41) is 13.6. The van der Waals surface area contributed by atoms with E-state index in [1.165, 1.54) is 35.4 Å². The molecule has 0 saturated carbocycles. The van der Waals surface area contributed by atoms with Crippen molar-refractivity contribution in [1.29, 1.82) is 0 Å². The Morgan fingerprint density at radius 2 is 1.34 bits per heavy atom. The van der Waals surface area contributed by atoms with Gasteiger partial charge < -0.3 is 15.0 Å². The molecule has 9 heteroatoms. The standard InChI is InChI=1S/C32H30N4O5/c37-30(23-41-27-17-15-26(16-18-27)36(39)40)33-29-14-8-7-13-28(29)32(38)35-21-19-34(20-22-35)31(24-9-3-1-4-10-24)25-11-5-2-6-12-25/h1-18,31H,19-23H2,(H,33,37). The van der Waals surface area contributed by atoms with E-state index in [4.69, 9.17) is 4.74 Å². The molecule has 208 valence electrons. The number of piperazine rings is 1. The SMILES string of the molecule is O=C(COc1ccc([N+](=O)[O-])cc1)Nc1ccccc1C(=O)N1CCN(C(c2ccccc2)c2ccccc2)CC1. The van der Waals surface area contributed by atoms with E-state index in [0.29, 0.717) is 43.2 Å². The number of nitrogens with one attached hydrogen (secondary N) is 1. The maximum atomic E-state index is 13.6. The fraction of sp³-hybridized carbons (Fsp3) is 0.188. The van der Waals surface area contributed by atoms with E-state index in [2.05, 4.69) is 34.5 Å². The van der Waals surface area contributed by atoms with E-state index in [9.17, 15) is 19.7 Å². The lowest BCUT2D eigenvalue weighted by Crippen LogP contribution is -2.50. The Balaban J connectivity index is 1.22. The van der Waals surface area contributed by atoms with Crippen LogP contribution in [0.3, 0.4) is 0 Å². The van der Waals surface area contributed by atoms with Crippen LogP contribution in [-0.2, 0) is 4.79 Å². The van der Waals surface area contributed by atoms with Crippen molar-refractivity contribution < 1.29 is 19.2 Å². The van der Waals surface area contributed by atoms with Crippen LogP contribution in [0.4, 0.5) is 11.4 Å². The molecule has 1 aliphatic heterocycles. The van der Waals surface area contributed by atoms with E-state index >= 15 is 0 Å². The number of para-hydroxylation sites is 1. The second-order valence-electron chi connectivity index (χ2n) is 9.69. The van der Waals surface area contributed by atoms with Crippen LogP contribution in [0.25, 0.3) is 0 Å². The van der Waals surface area contributed by atoms with Crippen molar-refractivity contribution in [3.05, 3.63) is 136 Å². The number of rotatable bonds is 9. The lowest BCUT2D eigenvalue weighted by Gasteiger charge is -2.40. The van der Waals surface area contributed by atoms with Crippen molar-refractivity contribution in [3.8, 4) is 5.75 Å². The number of carbonyl (C=O) groups excluding carboxylic acids is 2. The summed E-state index contributed by atoms with van der Waals surface area (Å²) in [6.45, 7) is 2.22. The maximum Gasteiger partial charge on any atom is 0.269 e. The summed E-state index contributed by atoms with van der Waals surface area (Å²) in [6.07, 6.45) is 0. The molecule has 1 heterocycles. The van der Waals surface area contributed by atoms with Crippen molar-refractivity contribution in [2.45, 2.75) is 6.04 Å². The summed E-state index contributed by atoms with van der Waals surface area (Å²) in [5.41, 5.74) is 3.17. The largest absolute Gasteiger partial charge is 0.484 e. The average molecular weight is 551 g/mol. The molecule has 2 amide bonds. The van der Waals surface area contributed by atoms with Gasteiger partial charge in [0.2, 0.25) is 0 Å². The Kier molecular flexibility index (Phi) is 8.66. The van der Waals surface area contributed by atoms with E-state index in [0.717, 1.165) is 0 Å². The number of non-ortho nitro benzene ring substituents is 1. The topological polar surface area (TPSA) is 105 Å². The third kappa shape index (κ3) is 6.77. The smallest absolute Gasteiger partial charge is 0.269 e. The second kappa shape index (κ2) is 12.9. The fourth-order valence-electron chi connectivity index (χ4n) is 5.02. The molecule has 0 aromatic heterocycles. The van der Waals surface area contributed by atoms with Crippen molar-refractivity contribution in [2.75, 3.05) is 38.1 Å². The van der Waals surface area contributed by atoms with Crippen molar-refractivity contribution in [2.24, 2.45) is 0 Å². The molecule has 0 bridgehead atoms. The van der Waals surface area contributed by atoms with Gasteiger partial charge in [0, 0.05) is 38.3 Å². The van der Waals surface area contributed by atoms with Gasteiger partial charge in [-0.1, -0.05) is 72.8 Å². The number of ether oxygens (including phenoxy) is 1. The number of anilines is 1. The Labute approximate surface area is 238 Å². The lowest BCUT2D eigenvalue weighted by molar-refractivity contribution is -0.384. The molecule has 0 spiro atoms. The Bertz CT molecular complexity index is 1450. The molecule has 5 rings (SSSR count). The first kappa shape index (κ1) is 27.5. The second-order valence-corrected chi connectivity index (χ2v) is 9.69. The molecular weight excluding hydrogens is 520 g/mol. The van der Waals surface area contributed by atoms with Gasteiger partial charge in [0.1, 0.15) is 5.75 Å². The summed E-state index contributed by atoms with van der Waals surface area (Å²) >= 11 is 0. The first-order chi connectivity index (χ1) is 20.0. The molecule has 1 aliphatic rings. The molecule has 0 radical (unpaired) electrons. The quantitative estimate of drug-likeness (QED) is 0.228. The van der Waals surface area contributed by atoms with E-state index in [1.807, 2.05) is 41.3 Å². The summed E-state index contributed by atoms with van der Waals surface area (Å²) in [7, 11) is 0. The predicted octanol–water partition coefficient (Wildman–Crippen LogP) is 5.16. The number of hydrogen-bond acceptors (Lipinski definition) is 6. The van der Waals surface area contributed by atoms with Gasteiger partial charge in [0.05, 0.1) is 22.2 Å². The fourth-order valence-corrected chi connectivity index (χ4v) is 5.02. The van der Waals surface area contributed by atoms with Crippen LogP contribution in [0.2, 0.25) is 0 Å². The molecule has 4 aromatic rings. The predicted molar refractivity (Wildman–Crippen MR) is 156 cm³/mol. The summed E-state index contributed by atoms with van der Waals surface area (Å²) < 4.78 is 5.46. The maximum absolute atomic E-state index is 13.6. The minimum atomic E-state index is -0.505. The van der Waals surface area contributed by atoms with Gasteiger partial charge in [-0.3, -0.25) is 24.6 Å². The highest BCUT2D eigenvalue weighted by Crippen LogP contribution is 2.30. The van der Waals surface area contributed by atoms with Gasteiger partial charge >= 0.3 is 0 Å². The van der Waals surface area contributed by atoms with Gasteiger partial charge in [-0.25, -0.2) is 0 Å². The Morgan fingerprint density at radius 1 is 0.780 bits per heavy atom. The van der Waals surface area contributed by atoms with Gasteiger partial charge in [-0.05, 0) is 35.4 Å². The van der Waals surface area contributed by atoms with E-state index in [-0.39, 0.29) is 24.2 Å². The number of hydrogen-bond donors (Lipinski definition) is 1. The molecule has 1 N–H and O–H groups in total. The zero-order valence-electron chi connectivity index (χ0n) is 22.4. The molecule has 41 heavy (non-hydrogen) atoms. The van der Waals surface area contributed by atoms with Crippen LogP contribution in [0.5, 0.6) is 5.75 Å². The van der Waals surface area contributed by atoms with E-state index in [1.54, 1.807) is 24.3 Å². The molecule has 9 nitrogen and oxygen atoms in total. The van der Waals surface area contributed by atoms with Gasteiger partial charge in [-0.2, -0.15) is 0 Å². The zero-order chi connectivity index (χ0) is 28.6. The molecule has 0 atom stereocenters. The highest BCUT2D eigenvalue weighted by atomic mass is 16.6. The van der Waals surface area contributed by atoms with Gasteiger partial charge in [-0.15, -0.1) is 0 Å². The number of nitrogens with zero attached hydrogens (tertiary/aromatic N) is 3. The molecule has 4 aromatic carbocycles. The summed E-state index contributed by atoms with van der Waals surface area (Å²) in [5.74, 6) is -0.257. The molecule has 0 aliphatic carbocycles. The van der Waals surface area contributed by atoms with Gasteiger partial charge in [0.25, 0.3) is 17.5 Å². The number of amides is 2. The normalized spacial score (nSPS) is 13.5. The van der Waals surface area contributed by atoms with Crippen LogP contribution >= 0.6 is 0 Å².